The zero-order valence-electron chi connectivity index (χ0n) is 18.6. The first-order valence-corrected chi connectivity index (χ1v) is 11.4. The van der Waals surface area contributed by atoms with Crippen LogP contribution < -0.4 is 0 Å². The minimum absolute atomic E-state index is 0.0819. The number of hydrogen-bond acceptors (Lipinski definition) is 11. The van der Waals surface area contributed by atoms with Gasteiger partial charge in [-0.1, -0.05) is 30.3 Å². The zero-order valence-corrected chi connectivity index (χ0v) is 18.6. The molecule has 1 aromatic carbocycles. The van der Waals surface area contributed by atoms with Crippen LogP contribution in [0.15, 0.2) is 30.3 Å². The van der Waals surface area contributed by atoms with Gasteiger partial charge in [0.2, 0.25) is 0 Å². The molecule has 3 aliphatic carbocycles. The summed E-state index contributed by atoms with van der Waals surface area (Å²) >= 11 is 0. The van der Waals surface area contributed by atoms with Gasteiger partial charge in [0.05, 0.1) is 12.7 Å². The van der Waals surface area contributed by atoms with Crippen LogP contribution in [0.4, 0.5) is 0 Å². The van der Waals surface area contributed by atoms with Crippen LogP contribution in [0.3, 0.4) is 0 Å². The number of benzene rings is 1. The predicted octanol–water partition coefficient (Wildman–Crippen LogP) is -0.751. The fourth-order valence-corrected chi connectivity index (χ4v) is 6.65. The highest BCUT2D eigenvalue weighted by atomic mass is 17.1. The van der Waals surface area contributed by atoms with E-state index < -0.39 is 78.0 Å². The highest BCUT2D eigenvalue weighted by Gasteiger charge is 2.88. The van der Waals surface area contributed by atoms with Crippen LogP contribution in [-0.4, -0.2) is 91.4 Å². The maximum absolute atomic E-state index is 13.4. The molecular weight excluding hydrogens is 452 g/mol. The van der Waals surface area contributed by atoms with E-state index in [9.17, 15) is 35.6 Å². The minimum Gasteiger partial charge on any atom is -0.456 e. The van der Waals surface area contributed by atoms with Crippen molar-refractivity contribution < 1.29 is 54.7 Å². The van der Waals surface area contributed by atoms with Crippen molar-refractivity contribution >= 4 is 5.97 Å². The standard InChI is InChI=1S/C23H30O11/c1-21-8-13(25)12-7-23(21,32-19-18(28)17(27)16(26)15(10-24)31-19)22(12,20(29)33-21)9-14(34-30)11-5-3-2-4-6-11/h2-6,12-19,24-28,30H,7-10H2,1H3/t12-,13+,14?,15?,16?,17?,18?,19?,21-,22?,23+/m0/s1. The van der Waals surface area contributed by atoms with Crippen LogP contribution in [0.1, 0.15) is 37.9 Å². The summed E-state index contributed by atoms with van der Waals surface area (Å²) in [6.45, 7) is 0.998. The summed E-state index contributed by atoms with van der Waals surface area (Å²) in [5.41, 5.74) is -3.53. The molecule has 11 nitrogen and oxygen atoms in total. The third-order valence-electron chi connectivity index (χ3n) is 8.43. The smallest absolute Gasteiger partial charge is 0.316 e. The number of aliphatic hydroxyl groups is 5. The van der Waals surface area contributed by atoms with Crippen LogP contribution in [0.25, 0.3) is 0 Å². The molecule has 2 aliphatic heterocycles. The molecule has 5 aliphatic rings. The van der Waals surface area contributed by atoms with E-state index in [0.29, 0.717) is 5.56 Å². The second kappa shape index (κ2) is 8.19. The summed E-state index contributed by atoms with van der Waals surface area (Å²) in [5, 5.41) is 61.1. The van der Waals surface area contributed by atoms with Crippen LogP contribution in [0.2, 0.25) is 0 Å². The quantitative estimate of drug-likeness (QED) is 0.164. The molecule has 188 valence electrons. The lowest BCUT2D eigenvalue weighted by Gasteiger charge is -2.67. The average molecular weight is 482 g/mol. The molecule has 0 aromatic heterocycles. The molecular formula is C23H30O11. The Morgan fingerprint density at radius 1 is 1.09 bits per heavy atom. The molecule has 2 saturated heterocycles. The Hall–Kier alpha value is -1.67. The largest absolute Gasteiger partial charge is 0.456 e. The maximum atomic E-state index is 13.4. The molecule has 6 N–H and O–H groups in total. The number of carbonyl (C=O) groups excluding carboxylic acids is 1. The van der Waals surface area contributed by atoms with Crippen molar-refractivity contribution in [3.05, 3.63) is 35.9 Å². The number of rotatable bonds is 7. The van der Waals surface area contributed by atoms with E-state index in [2.05, 4.69) is 0 Å². The lowest BCUT2D eigenvalue weighted by molar-refractivity contribution is -0.397. The average Bonchev–Trinajstić information content (AvgIpc) is 2.88. The van der Waals surface area contributed by atoms with Crippen LogP contribution in [0.5, 0.6) is 0 Å². The van der Waals surface area contributed by atoms with Crippen molar-refractivity contribution in [3.63, 3.8) is 0 Å². The number of carbonyl (C=O) groups is 1. The first-order chi connectivity index (χ1) is 16.1. The van der Waals surface area contributed by atoms with Crippen LogP contribution in [-0.2, 0) is 23.9 Å². The fourth-order valence-electron chi connectivity index (χ4n) is 6.65. The molecule has 11 atom stereocenters. The zero-order chi connectivity index (χ0) is 24.5. The summed E-state index contributed by atoms with van der Waals surface area (Å²) in [6, 6.07) is 8.77. The lowest BCUT2D eigenvalue weighted by atomic mass is 9.39. The van der Waals surface area contributed by atoms with Gasteiger partial charge in [-0.2, -0.15) is 0 Å². The molecule has 11 heteroatoms. The SMILES string of the molecule is C[C@]12C[C@@H](O)[C@@H]3C[C@]1(OC1OC(CO)C(O)C(O)C1O)C3(CC(OO)c1ccccc1)C(=O)O2. The third-order valence-corrected chi connectivity index (χ3v) is 8.43. The van der Waals surface area contributed by atoms with Crippen molar-refractivity contribution in [1.82, 2.24) is 0 Å². The molecule has 6 rings (SSSR count). The van der Waals surface area contributed by atoms with Crippen molar-refractivity contribution in [2.24, 2.45) is 11.3 Å². The number of aliphatic hydroxyl groups excluding tert-OH is 5. The minimum atomic E-state index is -1.67. The maximum Gasteiger partial charge on any atom is 0.316 e. The lowest BCUT2D eigenvalue weighted by Crippen LogP contribution is -2.79. The monoisotopic (exact) mass is 482 g/mol. The fraction of sp³-hybridized carbons (Fsp3) is 0.696. The van der Waals surface area contributed by atoms with Gasteiger partial charge in [-0.05, 0) is 18.9 Å². The Balaban J connectivity index is 1.53. The molecule has 1 aromatic rings. The molecule has 0 spiro atoms. The summed E-state index contributed by atoms with van der Waals surface area (Å²) in [7, 11) is 0. The molecule has 0 amide bonds. The van der Waals surface area contributed by atoms with Crippen molar-refractivity contribution in [3.8, 4) is 0 Å². The van der Waals surface area contributed by atoms with Gasteiger partial charge >= 0.3 is 5.97 Å². The predicted molar refractivity (Wildman–Crippen MR) is 111 cm³/mol. The Morgan fingerprint density at radius 2 is 1.79 bits per heavy atom. The Morgan fingerprint density at radius 3 is 2.44 bits per heavy atom. The Labute approximate surface area is 195 Å². The van der Waals surface area contributed by atoms with Gasteiger partial charge < -0.3 is 39.7 Å². The molecule has 3 saturated carbocycles. The molecule has 5 fully saturated rings. The van der Waals surface area contributed by atoms with E-state index in [0.717, 1.165) is 0 Å². The highest BCUT2D eigenvalue weighted by Crippen LogP contribution is 2.75. The van der Waals surface area contributed by atoms with Crippen LogP contribution in [0, 0.1) is 11.3 Å². The molecule has 2 heterocycles. The molecule has 34 heavy (non-hydrogen) atoms. The first kappa shape index (κ1) is 24.0. The molecule has 4 bridgehead atoms. The Kier molecular flexibility index (Phi) is 5.79. The topological polar surface area (TPSA) is 175 Å². The summed E-state index contributed by atoms with van der Waals surface area (Å²) in [6.07, 6.45) is -9.22. The molecule has 0 radical (unpaired) electrons. The summed E-state index contributed by atoms with van der Waals surface area (Å²) in [4.78, 5) is 18.2. The highest BCUT2D eigenvalue weighted by molar-refractivity contribution is 5.86. The van der Waals surface area contributed by atoms with Crippen LogP contribution >= 0.6 is 0 Å². The van der Waals surface area contributed by atoms with Gasteiger partial charge in [0.15, 0.2) is 6.29 Å². The van der Waals surface area contributed by atoms with Gasteiger partial charge in [0.25, 0.3) is 0 Å². The van der Waals surface area contributed by atoms with Gasteiger partial charge in [-0.15, -0.1) is 0 Å². The second-order valence-corrected chi connectivity index (χ2v) is 10.0. The van der Waals surface area contributed by atoms with E-state index in [1.165, 1.54) is 0 Å². The van der Waals surface area contributed by atoms with Gasteiger partial charge in [0.1, 0.15) is 47.1 Å². The molecule has 7 unspecified atom stereocenters. The van der Waals surface area contributed by atoms with Gasteiger partial charge in [0, 0.05) is 18.8 Å². The van der Waals surface area contributed by atoms with E-state index in [4.69, 9.17) is 19.1 Å². The van der Waals surface area contributed by atoms with E-state index >= 15 is 0 Å². The number of fused-ring (bicyclic) bond motifs is 1. The third kappa shape index (κ3) is 3.00. The van der Waals surface area contributed by atoms with E-state index in [-0.39, 0.29) is 19.3 Å². The van der Waals surface area contributed by atoms with E-state index in [1.54, 1.807) is 37.3 Å². The number of hydrogen-bond donors (Lipinski definition) is 6. The second-order valence-electron chi connectivity index (χ2n) is 10.0. The first-order valence-electron chi connectivity index (χ1n) is 11.4. The summed E-state index contributed by atoms with van der Waals surface area (Å²) < 4.78 is 17.7. The van der Waals surface area contributed by atoms with Gasteiger partial charge in [-0.25, -0.2) is 4.89 Å². The Bertz CT molecular complexity index is 927. The van der Waals surface area contributed by atoms with Crippen molar-refractivity contribution in [2.45, 2.75) is 80.3 Å². The van der Waals surface area contributed by atoms with Crippen molar-refractivity contribution in [2.75, 3.05) is 6.61 Å². The van der Waals surface area contributed by atoms with Gasteiger partial charge in [-0.3, -0.25) is 10.1 Å². The number of esters is 1. The normalized spacial score (nSPS) is 48.2. The number of ether oxygens (including phenoxy) is 3. The van der Waals surface area contributed by atoms with E-state index in [1.807, 2.05) is 0 Å². The van der Waals surface area contributed by atoms with Crippen molar-refractivity contribution in [1.29, 1.82) is 0 Å². The summed E-state index contributed by atoms with van der Waals surface area (Å²) in [5.74, 6) is -1.19.